The van der Waals surface area contributed by atoms with E-state index >= 15 is 0 Å². The molecule has 2 aliphatic rings. The first-order valence-corrected chi connectivity index (χ1v) is 21.5. The zero-order valence-electron chi connectivity index (χ0n) is 25.7. The van der Waals surface area contributed by atoms with Crippen LogP contribution in [-0.2, 0) is 22.4 Å². The van der Waals surface area contributed by atoms with Crippen molar-refractivity contribution in [1.29, 1.82) is 0 Å². The predicted octanol–water partition coefficient (Wildman–Crippen LogP) is 4.66. The normalized spacial score (nSPS) is 28.8. The van der Waals surface area contributed by atoms with Crippen LogP contribution in [0.15, 0.2) is 21.9 Å². The molecule has 39 heavy (non-hydrogen) atoms. The number of hydrogen-bond acceptors (Lipinski definition) is 7. The average Bonchev–Trinajstić information content (AvgIpc) is 3.09. The molecule has 4 atom stereocenters. The summed E-state index contributed by atoms with van der Waals surface area (Å²) in [6.45, 7) is 24.0. The molecule has 3 rings (SSSR count). The Balaban J connectivity index is 2.33. The fourth-order valence-corrected chi connectivity index (χ4v) is 17.5. The van der Waals surface area contributed by atoms with Gasteiger partial charge in [-0.15, -0.1) is 5.54 Å². The summed E-state index contributed by atoms with van der Waals surface area (Å²) in [5.41, 5.74) is 1.59. The minimum Gasteiger partial charge on any atom is -0.414 e. The summed E-state index contributed by atoms with van der Waals surface area (Å²) in [6.07, 6.45) is -0.781. The molecule has 220 valence electrons. The van der Waals surface area contributed by atoms with Gasteiger partial charge < -0.3 is 22.4 Å². The Labute approximate surface area is 236 Å². The Morgan fingerprint density at radius 3 is 2.05 bits per heavy atom. The molecule has 0 aliphatic carbocycles. The number of H-pyrrole nitrogens is 1. The Morgan fingerprint density at radius 2 is 1.59 bits per heavy atom. The first kappa shape index (κ1) is 32.2. The lowest BCUT2D eigenvalue weighted by Crippen LogP contribution is -2.67. The molecule has 0 aromatic carbocycles. The number of nitrogens with zero attached hydrogens (tertiary/aromatic N) is 1. The van der Waals surface area contributed by atoms with Crippen LogP contribution in [0.25, 0.3) is 0 Å². The van der Waals surface area contributed by atoms with Gasteiger partial charge in [-0.05, 0) is 22.2 Å². The van der Waals surface area contributed by atoms with Crippen LogP contribution in [0.2, 0.25) is 41.8 Å². The van der Waals surface area contributed by atoms with Gasteiger partial charge in [-0.25, -0.2) is 4.79 Å². The van der Waals surface area contributed by atoms with E-state index in [1.54, 1.807) is 7.11 Å². The smallest absolute Gasteiger partial charge is 0.335 e. The highest BCUT2D eigenvalue weighted by atomic mass is 28.5. The average molecular weight is 597 g/mol. The SMILES string of the molecule is CO[C@@]1(C#C[Si](C)(C)C)[C@@H]2O[Si](C(C)C)(C(C)C)O[Si](C(C)C)(C(C)C)OC[C@H]2O[C@H]1n1ccc(=O)[nH]c1=O. The molecule has 3 heterocycles. The van der Waals surface area contributed by atoms with Gasteiger partial charge in [-0.1, -0.05) is 81.0 Å². The maximum Gasteiger partial charge on any atom is 0.335 e. The van der Waals surface area contributed by atoms with Gasteiger partial charge in [0.2, 0.25) is 0 Å². The predicted molar refractivity (Wildman–Crippen MR) is 160 cm³/mol. The second-order valence-electron chi connectivity index (χ2n) is 13.1. The summed E-state index contributed by atoms with van der Waals surface area (Å²) in [6, 6.07) is 1.30. The van der Waals surface area contributed by atoms with Gasteiger partial charge in [0.15, 0.2) is 11.8 Å². The standard InChI is InChI=1S/C27H48N2O7Si3/c1-18(2)38(19(3)4)33-17-22-24(35-39(36-38,20(5)6)21(7)8)27(32-9,14-16-37(10,11)12)25(34-22)29-15-13-23(30)28-26(29)31/h13,15,18-22,24-25H,17H2,1-12H3,(H,28,30,31)/t22-,24-,25-,27+/m1/s1. The molecule has 12 heteroatoms. The highest BCUT2D eigenvalue weighted by Crippen LogP contribution is 2.51. The van der Waals surface area contributed by atoms with E-state index in [2.05, 4.69) is 91.5 Å². The van der Waals surface area contributed by atoms with Gasteiger partial charge in [-0.2, -0.15) is 0 Å². The van der Waals surface area contributed by atoms with E-state index in [0.717, 1.165) is 0 Å². The third-order valence-corrected chi connectivity index (χ3v) is 18.9. The summed E-state index contributed by atoms with van der Waals surface area (Å²) in [4.78, 5) is 27.3. The van der Waals surface area contributed by atoms with Gasteiger partial charge >= 0.3 is 22.8 Å². The zero-order chi connectivity index (χ0) is 29.6. The number of rotatable bonds is 6. The monoisotopic (exact) mass is 596 g/mol. The summed E-state index contributed by atoms with van der Waals surface area (Å²) in [5.74, 6) is 3.41. The van der Waals surface area contributed by atoms with Crippen molar-refractivity contribution < 1.29 is 22.4 Å². The molecule has 2 fully saturated rings. The Hall–Kier alpha value is -1.31. The van der Waals surface area contributed by atoms with Crippen LogP contribution >= 0.6 is 0 Å². The molecular formula is C27H48N2O7Si3. The van der Waals surface area contributed by atoms with E-state index in [-0.39, 0.29) is 28.8 Å². The molecular weight excluding hydrogens is 549 g/mol. The van der Waals surface area contributed by atoms with Crippen molar-refractivity contribution in [3.05, 3.63) is 33.1 Å². The molecule has 0 saturated carbocycles. The number of aromatic amines is 1. The number of ether oxygens (including phenoxy) is 2. The molecule has 0 amide bonds. The Kier molecular flexibility index (Phi) is 9.52. The molecule has 9 nitrogen and oxygen atoms in total. The maximum absolute atomic E-state index is 13.0. The highest BCUT2D eigenvalue weighted by molar-refractivity contribution is 6.84. The van der Waals surface area contributed by atoms with Gasteiger partial charge in [0, 0.05) is 19.4 Å². The second kappa shape index (κ2) is 11.5. The fourth-order valence-electron chi connectivity index (χ4n) is 5.74. The third-order valence-electron chi connectivity index (χ3n) is 7.83. The van der Waals surface area contributed by atoms with Gasteiger partial charge in [-0.3, -0.25) is 14.3 Å². The maximum atomic E-state index is 13.0. The van der Waals surface area contributed by atoms with Crippen LogP contribution in [0.5, 0.6) is 0 Å². The zero-order valence-corrected chi connectivity index (χ0v) is 28.7. The minimum atomic E-state index is -3.02. The van der Waals surface area contributed by atoms with E-state index in [0.29, 0.717) is 0 Å². The summed E-state index contributed by atoms with van der Waals surface area (Å²) >= 11 is 0. The number of nitrogens with one attached hydrogen (secondary N) is 1. The quantitative estimate of drug-likeness (QED) is 0.377. The van der Waals surface area contributed by atoms with Crippen LogP contribution in [0.4, 0.5) is 0 Å². The second-order valence-corrected chi connectivity index (χ2v) is 26.6. The minimum absolute atomic E-state index is 0.0959. The van der Waals surface area contributed by atoms with Crippen LogP contribution in [0, 0.1) is 11.5 Å². The lowest BCUT2D eigenvalue weighted by atomic mass is 9.94. The van der Waals surface area contributed by atoms with Crippen molar-refractivity contribution in [2.75, 3.05) is 13.7 Å². The number of fused-ring (bicyclic) bond motifs is 1. The lowest BCUT2D eigenvalue weighted by Gasteiger charge is -2.52. The van der Waals surface area contributed by atoms with Gasteiger partial charge in [0.1, 0.15) is 20.3 Å². The molecule has 2 saturated heterocycles. The molecule has 0 radical (unpaired) electrons. The van der Waals surface area contributed by atoms with E-state index < -0.39 is 60.5 Å². The molecule has 2 aliphatic heterocycles. The summed E-state index contributed by atoms with van der Waals surface area (Å²) in [7, 11) is -6.14. The largest absolute Gasteiger partial charge is 0.414 e. The molecule has 1 aromatic heterocycles. The van der Waals surface area contributed by atoms with Crippen molar-refractivity contribution in [2.45, 2.75) is 121 Å². The Morgan fingerprint density at radius 1 is 1.03 bits per heavy atom. The molecule has 1 N–H and O–H groups in total. The van der Waals surface area contributed by atoms with Gasteiger partial charge in [0.25, 0.3) is 5.56 Å². The fraction of sp³-hybridized carbons (Fsp3) is 0.778. The van der Waals surface area contributed by atoms with Crippen LogP contribution < -0.4 is 11.2 Å². The molecule has 0 spiro atoms. The molecule has 1 aromatic rings. The number of methoxy groups -OCH3 is 1. The van der Waals surface area contributed by atoms with E-state index in [9.17, 15) is 9.59 Å². The van der Waals surface area contributed by atoms with Crippen molar-refractivity contribution in [3.8, 4) is 11.5 Å². The lowest BCUT2D eigenvalue weighted by molar-refractivity contribution is -0.0952. The van der Waals surface area contributed by atoms with Gasteiger partial charge in [0.05, 0.1) is 6.61 Å². The van der Waals surface area contributed by atoms with Crippen molar-refractivity contribution in [3.63, 3.8) is 0 Å². The summed E-state index contributed by atoms with van der Waals surface area (Å²) in [5, 5.41) is 0. The first-order valence-electron chi connectivity index (χ1n) is 14.0. The summed E-state index contributed by atoms with van der Waals surface area (Å²) < 4.78 is 35.8. The number of aromatic nitrogens is 2. The molecule has 0 unspecified atom stereocenters. The van der Waals surface area contributed by atoms with Crippen molar-refractivity contribution in [1.82, 2.24) is 9.55 Å². The van der Waals surface area contributed by atoms with Crippen LogP contribution in [0.3, 0.4) is 0 Å². The van der Waals surface area contributed by atoms with Crippen molar-refractivity contribution in [2.24, 2.45) is 0 Å². The highest BCUT2D eigenvalue weighted by Gasteiger charge is 2.66. The van der Waals surface area contributed by atoms with E-state index in [1.807, 2.05) is 0 Å². The third kappa shape index (κ3) is 5.88. The Bertz CT molecular complexity index is 1180. The topological polar surface area (TPSA) is 101 Å². The first-order chi connectivity index (χ1) is 18.0. The van der Waals surface area contributed by atoms with E-state index in [1.165, 1.54) is 16.8 Å². The number of hydrogen-bond donors (Lipinski definition) is 1. The molecule has 0 bridgehead atoms. The van der Waals surface area contributed by atoms with Crippen LogP contribution in [-0.4, -0.2) is 66.3 Å². The van der Waals surface area contributed by atoms with E-state index in [4.69, 9.17) is 22.4 Å². The van der Waals surface area contributed by atoms with Crippen LogP contribution in [0.1, 0.15) is 61.6 Å². The van der Waals surface area contributed by atoms with Crippen molar-refractivity contribution >= 4 is 25.2 Å².